The van der Waals surface area contributed by atoms with Crippen LogP contribution in [0.4, 0.5) is 14.9 Å². The number of carbonyl (C=O) groups excluding carboxylic acids is 1. The zero-order chi connectivity index (χ0) is 15.1. The van der Waals surface area contributed by atoms with Crippen LogP contribution in [0.3, 0.4) is 0 Å². The molecule has 1 aliphatic rings. The molecule has 0 spiro atoms. The predicted molar refractivity (Wildman–Crippen MR) is 81.3 cm³/mol. The maximum atomic E-state index is 12.7. The third kappa shape index (κ3) is 5.52. The second kappa shape index (κ2) is 7.75. The number of rotatable bonds is 3. The normalized spacial score (nSPS) is 17.1. The van der Waals surface area contributed by atoms with Crippen molar-refractivity contribution >= 4 is 29.0 Å². The Balaban J connectivity index is 1.63. The highest BCUT2D eigenvalue weighted by Crippen LogP contribution is 2.10. The topological polar surface area (TPSA) is 74.4 Å². The molecule has 0 aromatic heterocycles. The molecule has 0 aliphatic carbocycles. The second-order valence-electron chi connectivity index (χ2n) is 4.56. The van der Waals surface area contributed by atoms with Crippen molar-refractivity contribution in [1.82, 2.24) is 16.2 Å². The lowest BCUT2D eigenvalue weighted by Crippen LogP contribution is -2.49. The Hall–Kier alpha value is -1.93. The first-order chi connectivity index (χ1) is 10.1. The van der Waals surface area contributed by atoms with E-state index >= 15 is 0 Å². The summed E-state index contributed by atoms with van der Waals surface area (Å²) in [5.74, 6) is -0.362. The third-order valence-electron chi connectivity index (χ3n) is 2.91. The van der Waals surface area contributed by atoms with Crippen molar-refractivity contribution in [2.45, 2.75) is 18.9 Å². The third-order valence-corrected chi connectivity index (χ3v) is 3.15. The van der Waals surface area contributed by atoms with Gasteiger partial charge < -0.3 is 15.4 Å². The predicted octanol–water partition coefficient (Wildman–Crippen LogP) is 1.51. The summed E-state index contributed by atoms with van der Waals surface area (Å²) in [4.78, 5) is 11.6. The van der Waals surface area contributed by atoms with Gasteiger partial charge in [0.25, 0.3) is 0 Å². The number of urea groups is 1. The van der Waals surface area contributed by atoms with Crippen LogP contribution in [0.1, 0.15) is 12.8 Å². The number of ether oxygens (including phenoxy) is 1. The van der Waals surface area contributed by atoms with E-state index in [0.29, 0.717) is 17.3 Å². The highest BCUT2D eigenvalue weighted by molar-refractivity contribution is 7.80. The molecule has 1 unspecified atom stereocenters. The van der Waals surface area contributed by atoms with Crippen LogP contribution < -0.4 is 21.5 Å². The molecule has 1 heterocycles. The van der Waals surface area contributed by atoms with Gasteiger partial charge in [-0.1, -0.05) is 0 Å². The van der Waals surface area contributed by atoms with Crippen molar-refractivity contribution in [3.63, 3.8) is 0 Å². The standard InChI is InChI=1S/C13H17FN4O2S/c14-9-3-5-10(6-4-9)16-12(19)17-18-13(21)15-8-11-2-1-7-20-11/h3-6,11H,1-2,7-8H2,(H2,15,18,21)(H2,16,17,19). The van der Waals surface area contributed by atoms with Crippen molar-refractivity contribution in [2.75, 3.05) is 18.5 Å². The van der Waals surface area contributed by atoms with E-state index in [-0.39, 0.29) is 11.9 Å². The Bertz CT molecular complexity index is 491. The van der Waals surface area contributed by atoms with Crippen LogP contribution in [0, 0.1) is 5.82 Å². The summed E-state index contributed by atoms with van der Waals surface area (Å²) in [7, 11) is 0. The van der Waals surface area contributed by atoms with Crippen LogP contribution in [-0.4, -0.2) is 30.4 Å². The summed E-state index contributed by atoms with van der Waals surface area (Å²) >= 11 is 5.02. The fourth-order valence-electron chi connectivity index (χ4n) is 1.87. The molecular formula is C13H17FN4O2S. The van der Waals surface area contributed by atoms with Crippen LogP contribution in [0.2, 0.25) is 0 Å². The van der Waals surface area contributed by atoms with E-state index in [4.69, 9.17) is 17.0 Å². The summed E-state index contributed by atoms with van der Waals surface area (Å²) in [6.07, 6.45) is 2.23. The Kier molecular flexibility index (Phi) is 5.70. The number of hydrazine groups is 1. The van der Waals surface area contributed by atoms with Gasteiger partial charge in [0.1, 0.15) is 5.82 Å². The van der Waals surface area contributed by atoms with Crippen LogP contribution in [0.15, 0.2) is 24.3 Å². The van der Waals surface area contributed by atoms with Crippen LogP contribution in [0.5, 0.6) is 0 Å². The second-order valence-corrected chi connectivity index (χ2v) is 4.96. The quantitative estimate of drug-likeness (QED) is 0.503. The molecule has 1 saturated heterocycles. The number of carbonyl (C=O) groups is 1. The lowest BCUT2D eigenvalue weighted by Gasteiger charge is -2.14. The zero-order valence-electron chi connectivity index (χ0n) is 11.3. The average molecular weight is 312 g/mol. The van der Waals surface area contributed by atoms with Gasteiger partial charge in [0.05, 0.1) is 6.10 Å². The number of hydrogen-bond acceptors (Lipinski definition) is 3. The molecule has 4 N–H and O–H groups in total. The minimum atomic E-state index is -0.497. The number of thiocarbonyl (C=S) groups is 1. The van der Waals surface area contributed by atoms with Gasteiger partial charge in [0, 0.05) is 18.8 Å². The molecule has 1 aromatic rings. The van der Waals surface area contributed by atoms with Gasteiger partial charge in [-0.25, -0.2) is 14.6 Å². The van der Waals surface area contributed by atoms with Gasteiger partial charge in [-0.2, -0.15) is 0 Å². The SMILES string of the molecule is O=C(NNC(=S)NCC1CCCO1)Nc1ccc(F)cc1. The van der Waals surface area contributed by atoms with Gasteiger partial charge >= 0.3 is 6.03 Å². The fraction of sp³-hybridized carbons (Fsp3) is 0.385. The number of amides is 2. The van der Waals surface area contributed by atoms with Crippen LogP contribution >= 0.6 is 12.2 Å². The van der Waals surface area contributed by atoms with E-state index in [2.05, 4.69) is 21.5 Å². The maximum absolute atomic E-state index is 12.7. The number of hydrogen-bond donors (Lipinski definition) is 4. The van der Waals surface area contributed by atoms with Crippen LogP contribution in [-0.2, 0) is 4.74 Å². The molecule has 6 nitrogen and oxygen atoms in total. The highest BCUT2D eigenvalue weighted by atomic mass is 32.1. The van der Waals surface area contributed by atoms with Gasteiger partial charge in [-0.15, -0.1) is 0 Å². The molecule has 2 rings (SSSR count). The summed E-state index contributed by atoms with van der Waals surface area (Å²) in [5.41, 5.74) is 5.43. The fourth-order valence-corrected chi connectivity index (χ4v) is 2.00. The molecular weight excluding hydrogens is 295 g/mol. The molecule has 21 heavy (non-hydrogen) atoms. The largest absolute Gasteiger partial charge is 0.376 e. The summed E-state index contributed by atoms with van der Waals surface area (Å²) in [6, 6.07) is 4.95. The van der Waals surface area contributed by atoms with Crippen LogP contribution in [0.25, 0.3) is 0 Å². The van der Waals surface area contributed by atoms with E-state index in [1.807, 2.05) is 0 Å². The Morgan fingerprint density at radius 2 is 2.10 bits per heavy atom. The van der Waals surface area contributed by atoms with Crippen molar-refractivity contribution in [3.8, 4) is 0 Å². The minimum Gasteiger partial charge on any atom is -0.376 e. The van der Waals surface area contributed by atoms with Gasteiger partial charge in [-0.3, -0.25) is 5.43 Å². The Morgan fingerprint density at radius 3 is 2.76 bits per heavy atom. The van der Waals surface area contributed by atoms with E-state index in [1.165, 1.54) is 24.3 Å². The smallest absolute Gasteiger partial charge is 0.337 e. The van der Waals surface area contributed by atoms with Crippen molar-refractivity contribution in [2.24, 2.45) is 0 Å². The first kappa shape index (κ1) is 15.5. The first-order valence-electron chi connectivity index (χ1n) is 6.61. The molecule has 0 radical (unpaired) electrons. The summed E-state index contributed by atoms with van der Waals surface area (Å²) in [6.45, 7) is 1.39. The number of anilines is 1. The summed E-state index contributed by atoms with van der Waals surface area (Å²) < 4.78 is 18.2. The summed E-state index contributed by atoms with van der Waals surface area (Å²) in [5, 5.41) is 5.79. The Labute approximate surface area is 127 Å². The van der Waals surface area contributed by atoms with Gasteiger partial charge in [0.2, 0.25) is 0 Å². The van der Waals surface area contributed by atoms with Crippen molar-refractivity contribution in [3.05, 3.63) is 30.1 Å². The molecule has 0 saturated carbocycles. The lowest BCUT2D eigenvalue weighted by atomic mass is 10.2. The molecule has 1 fully saturated rings. The lowest BCUT2D eigenvalue weighted by molar-refractivity contribution is 0.114. The molecule has 1 aromatic carbocycles. The average Bonchev–Trinajstić information content (AvgIpc) is 2.99. The highest BCUT2D eigenvalue weighted by Gasteiger charge is 2.15. The number of nitrogens with one attached hydrogen (secondary N) is 4. The molecule has 1 aliphatic heterocycles. The Morgan fingerprint density at radius 1 is 1.33 bits per heavy atom. The number of halogens is 1. The monoisotopic (exact) mass is 312 g/mol. The van der Waals surface area contributed by atoms with Gasteiger partial charge in [-0.05, 0) is 49.3 Å². The first-order valence-corrected chi connectivity index (χ1v) is 7.02. The van der Waals surface area contributed by atoms with E-state index in [1.54, 1.807) is 0 Å². The van der Waals surface area contributed by atoms with Crippen molar-refractivity contribution in [1.29, 1.82) is 0 Å². The van der Waals surface area contributed by atoms with E-state index in [9.17, 15) is 9.18 Å². The number of benzene rings is 1. The van der Waals surface area contributed by atoms with E-state index < -0.39 is 6.03 Å². The molecule has 2 amide bonds. The molecule has 1 atom stereocenters. The zero-order valence-corrected chi connectivity index (χ0v) is 12.1. The molecule has 8 heteroatoms. The molecule has 0 bridgehead atoms. The van der Waals surface area contributed by atoms with E-state index in [0.717, 1.165) is 19.4 Å². The maximum Gasteiger partial charge on any atom is 0.337 e. The van der Waals surface area contributed by atoms with Crippen molar-refractivity contribution < 1.29 is 13.9 Å². The minimum absolute atomic E-state index is 0.165. The van der Waals surface area contributed by atoms with Gasteiger partial charge in [0.15, 0.2) is 5.11 Å². The molecule has 114 valence electrons.